The molecule has 0 spiro atoms. The van der Waals surface area contributed by atoms with E-state index < -0.39 is 0 Å². The summed E-state index contributed by atoms with van der Waals surface area (Å²) >= 11 is 0. The number of benzene rings is 1. The highest BCUT2D eigenvalue weighted by atomic mass is 16.5. The molecule has 2 amide bonds. The number of hydrogen-bond donors (Lipinski definition) is 2. The van der Waals surface area contributed by atoms with Gasteiger partial charge in [0, 0.05) is 24.6 Å². The Hall–Kier alpha value is -1.75. The topological polar surface area (TPSA) is 61.8 Å². The fourth-order valence-electron chi connectivity index (χ4n) is 3.25. The van der Waals surface area contributed by atoms with Crippen molar-refractivity contribution in [2.24, 2.45) is 11.3 Å². The summed E-state index contributed by atoms with van der Waals surface area (Å²) in [5, 5.41) is 12.9. The van der Waals surface area contributed by atoms with E-state index in [2.05, 4.69) is 26.1 Å². The smallest absolute Gasteiger partial charge is 0.317 e. The second-order valence-corrected chi connectivity index (χ2v) is 7.73. The molecule has 0 aliphatic carbocycles. The summed E-state index contributed by atoms with van der Waals surface area (Å²) in [5.74, 6) is 0.941. The van der Waals surface area contributed by atoms with E-state index in [1.54, 1.807) is 18.9 Å². The average Bonchev–Trinajstić information content (AvgIpc) is 3.01. The number of aliphatic hydroxyl groups is 1. The Bertz CT molecular complexity index is 566. The molecular weight excluding hydrogens is 304 g/mol. The standard InChI is InChI=1S/C19H30N2O3/c1-13(22)14-10-11-21(12-14)18(23)20-17(19(2,3)4)15-8-6-7-9-16(15)24-5/h6-9,13-14,17,22H,10-12H2,1-5H3,(H,20,23)/t13-,14+,17+/m1/s1. The Morgan fingerprint density at radius 2 is 2.04 bits per heavy atom. The van der Waals surface area contributed by atoms with Gasteiger partial charge in [-0.15, -0.1) is 0 Å². The maximum Gasteiger partial charge on any atom is 0.317 e. The zero-order valence-electron chi connectivity index (χ0n) is 15.4. The van der Waals surface area contributed by atoms with Crippen molar-refractivity contribution in [3.63, 3.8) is 0 Å². The Balaban J connectivity index is 2.17. The lowest BCUT2D eigenvalue weighted by molar-refractivity contribution is 0.128. The van der Waals surface area contributed by atoms with Gasteiger partial charge in [-0.2, -0.15) is 0 Å². The fraction of sp³-hybridized carbons (Fsp3) is 0.632. The molecule has 1 aromatic carbocycles. The third-order valence-corrected chi connectivity index (χ3v) is 4.78. The van der Waals surface area contributed by atoms with Crippen LogP contribution in [0.5, 0.6) is 5.75 Å². The summed E-state index contributed by atoms with van der Waals surface area (Å²) in [4.78, 5) is 14.5. The third-order valence-electron chi connectivity index (χ3n) is 4.78. The van der Waals surface area contributed by atoms with E-state index in [4.69, 9.17) is 4.74 Å². The van der Waals surface area contributed by atoms with Gasteiger partial charge in [0.1, 0.15) is 5.75 Å². The van der Waals surface area contributed by atoms with Gasteiger partial charge in [0.25, 0.3) is 0 Å². The Kier molecular flexibility index (Phi) is 5.75. The Morgan fingerprint density at radius 1 is 1.38 bits per heavy atom. The molecule has 1 fully saturated rings. The minimum absolute atomic E-state index is 0.0796. The van der Waals surface area contributed by atoms with E-state index in [-0.39, 0.29) is 29.5 Å². The molecule has 1 aliphatic heterocycles. The lowest BCUT2D eigenvalue weighted by Crippen LogP contribution is -2.44. The van der Waals surface area contributed by atoms with E-state index in [1.807, 2.05) is 24.3 Å². The Morgan fingerprint density at radius 3 is 2.58 bits per heavy atom. The Labute approximate surface area is 145 Å². The van der Waals surface area contributed by atoms with Crippen LogP contribution in [-0.4, -0.2) is 42.3 Å². The first-order valence-corrected chi connectivity index (χ1v) is 8.60. The number of para-hydroxylation sites is 1. The number of aliphatic hydroxyl groups excluding tert-OH is 1. The molecule has 1 aromatic rings. The molecule has 1 saturated heterocycles. The zero-order valence-corrected chi connectivity index (χ0v) is 15.4. The molecule has 2 N–H and O–H groups in total. The van der Waals surface area contributed by atoms with Gasteiger partial charge in [-0.25, -0.2) is 4.79 Å². The highest BCUT2D eigenvalue weighted by Crippen LogP contribution is 2.37. The van der Waals surface area contributed by atoms with Gasteiger partial charge in [0.15, 0.2) is 0 Å². The lowest BCUT2D eigenvalue weighted by Gasteiger charge is -2.34. The molecule has 0 bridgehead atoms. The van der Waals surface area contributed by atoms with Crippen LogP contribution in [0.4, 0.5) is 4.79 Å². The van der Waals surface area contributed by atoms with Gasteiger partial charge in [-0.3, -0.25) is 0 Å². The van der Waals surface area contributed by atoms with Crippen molar-refractivity contribution in [2.45, 2.75) is 46.3 Å². The minimum Gasteiger partial charge on any atom is -0.496 e. The molecule has 1 heterocycles. The quantitative estimate of drug-likeness (QED) is 0.889. The highest BCUT2D eigenvalue weighted by molar-refractivity contribution is 5.75. The molecule has 1 aliphatic rings. The third kappa shape index (κ3) is 4.20. The summed E-state index contributed by atoms with van der Waals surface area (Å²) < 4.78 is 5.48. The molecule has 5 nitrogen and oxygen atoms in total. The number of rotatable bonds is 4. The maximum absolute atomic E-state index is 12.7. The van der Waals surface area contributed by atoms with Gasteiger partial charge < -0.3 is 20.1 Å². The zero-order chi connectivity index (χ0) is 17.9. The molecule has 0 unspecified atom stereocenters. The van der Waals surface area contributed by atoms with Gasteiger partial charge >= 0.3 is 6.03 Å². The van der Waals surface area contributed by atoms with Crippen molar-refractivity contribution in [3.05, 3.63) is 29.8 Å². The van der Waals surface area contributed by atoms with Crippen LogP contribution in [-0.2, 0) is 0 Å². The molecule has 5 heteroatoms. The van der Waals surface area contributed by atoms with Crippen molar-refractivity contribution >= 4 is 6.03 Å². The average molecular weight is 334 g/mol. The van der Waals surface area contributed by atoms with Crippen LogP contribution in [0.2, 0.25) is 0 Å². The van der Waals surface area contributed by atoms with E-state index in [0.717, 1.165) is 17.7 Å². The van der Waals surface area contributed by atoms with Gasteiger partial charge in [0.2, 0.25) is 0 Å². The van der Waals surface area contributed by atoms with E-state index >= 15 is 0 Å². The molecule has 3 atom stereocenters. The van der Waals surface area contributed by atoms with Gasteiger partial charge in [-0.1, -0.05) is 39.0 Å². The van der Waals surface area contributed by atoms with Gasteiger partial charge in [0.05, 0.1) is 19.3 Å². The number of hydrogen-bond acceptors (Lipinski definition) is 3. The predicted octanol–water partition coefficient (Wildman–Crippen LogP) is 3.19. The number of ether oxygens (including phenoxy) is 1. The minimum atomic E-state index is -0.379. The van der Waals surface area contributed by atoms with Crippen molar-refractivity contribution in [2.75, 3.05) is 20.2 Å². The van der Waals surface area contributed by atoms with Crippen LogP contribution in [0.1, 0.15) is 45.7 Å². The number of carbonyl (C=O) groups excluding carboxylic acids is 1. The summed E-state index contributed by atoms with van der Waals surface area (Å²) in [6.45, 7) is 9.39. The normalized spacial score (nSPS) is 20.6. The molecule has 134 valence electrons. The van der Waals surface area contributed by atoms with Crippen molar-refractivity contribution in [3.8, 4) is 5.75 Å². The second kappa shape index (κ2) is 7.43. The lowest BCUT2D eigenvalue weighted by atomic mass is 9.82. The number of urea groups is 1. The number of methoxy groups -OCH3 is 1. The molecule has 2 rings (SSSR count). The van der Waals surface area contributed by atoms with Crippen molar-refractivity contribution in [1.29, 1.82) is 0 Å². The number of likely N-dealkylation sites (tertiary alicyclic amines) is 1. The number of carbonyl (C=O) groups is 1. The van der Waals surface area contributed by atoms with Crippen LogP contribution < -0.4 is 10.1 Å². The fourth-order valence-corrected chi connectivity index (χ4v) is 3.25. The van der Waals surface area contributed by atoms with Crippen LogP contribution in [0.25, 0.3) is 0 Å². The number of nitrogens with zero attached hydrogens (tertiary/aromatic N) is 1. The maximum atomic E-state index is 12.7. The SMILES string of the molecule is COc1ccccc1[C@H](NC(=O)N1CC[C@H]([C@@H](C)O)C1)C(C)(C)C. The van der Waals surface area contributed by atoms with Gasteiger partial charge in [-0.05, 0) is 24.8 Å². The van der Waals surface area contributed by atoms with Crippen LogP contribution in [0.15, 0.2) is 24.3 Å². The second-order valence-electron chi connectivity index (χ2n) is 7.73. The molecule has 0 saturated carbocycles. The largest absolute Gasteiger partial charge is 0.496 e. The number of nitrogens with one attached hydrogen (secondary N) is 1. The van der Waals surface area contributed by atoms with E-state index in [0.29, 0.717) is 13.1 Å². The van der Waals surface area contributed by atoms with E-state index in [1.165, 1.54) is 0 Å². The molecule has 0 radical (unpaired) electrons. The first-order valence-electron chi connectivity index (χ1n) is 8.60. The van der Waals surface area contributed by atoms with Crippen molar-refractivity contribution in [1.82, 2.24) is 10.2 Å². The summed E-state index contributed by atoms with van der Waals surface area (Å²) in [5.41, 5.74) is 0.820. The monoisotopic (exact) mass is 334 g/mol. The van der Waals surface area contributed by atoms with Crippen LogP contribution in [0.3, 0.4) is 0 Å². The van der Waals surface area contributed by atoms with Crippen molar-refractivity contribution < 1.29 is 14.6 Å². The molecule has 24 heavy (non-hydrogen) atoms. The van der Waals surface area contributed by atoms with E-state index in [9.17, 15) is 9.90 Å². The first kappa shape index (κ1) is 18.6. The first-order chi connectivity index (χ1) is 11.2. The number of amides is 2. The van der Waals surface area contributed by atoms with Crippen LogP contribution >= 0.6 is 0 Å². The summed E-state index contributed by atoms with van der Waals surface area (Å²) in [6.07, 6.45) is 0.468. The predicted molar refractivity (Wildman–Crippen MR) is 95.1 cm³/mol. The van der Waals surface area contributed by atoms with Crippen LogP contribution in [0, 0.1) is 11.3 Å². The summed E-state index contributed by atoms with van der Waals surface area (Å²) in [6, 6.07) is 7.56. The summed E-state index contributed by atoms with van der Waals surface area (Å²) in [7, 11) is 1.65. The molecular formula is C19H30N2O3. The molecule has 0 aromatic heterocycles. The highest BCUT2D eigenvalue weighted by Gasteiger charge is 2.34.